The number of benzene rings is 1. The number of hydrogen-bond donors (Lipinski definition) is 0. The average molecular weight is 378 g/mol. The highest BCUT2D eigenvalue weighted by Gasteiger charge is 2.32. The van der Waals surface area contributed by atoms with Crippen LogP contribution in [0.15, 0.2) is 48.7 Å². The number of aromatic nitrogens is 1. The summed E-state index contributed by atoms with van der Waals surface area (Å²) in [4.78, 5) is 22.2. The Morgan fingerprint density at radius 1 is 1.11 bits per heavy atom. The van der Waals surface area contributed by atoms with Crippen molar-refractivity contribution < 1.29 is 4.79 Å². The summed E-state index contributed by atoms with van der Waals surface area (Å²) in [6, 6.07) is 15.0. The molecule has 1 amide bonds. The largest absolute Gasteiger partial charge is 0.342 e. The van der Waals surface area contributed by atoms with Crippen molar-refractivity contribution in [3.05, 3.63) is 65.5 Å². The number of likely N-dealkylation sites (tertiary alicyclic amines) is 1. The Morgan fingerprint density at radius 3 is 2.68 bits per heavy atom. The number of nitrogens with zero attached hydrogens (tertiary/aromatic N) is 3. The fourth-order valence-electron chi connectivity index (χ4n) is 4.79. The highest BCUT2D eigenvalue weighted by molar-refractivity contribution is 5.84. The molecule has 1 aromatic heterocycles. The van der Waals surface area contributed by atoms with Crippen molar-refractivity contribution in [1.82, 2.24) is 14.8 Å². The van der Waals surface area contributed by atoms with E-state index in [1.54, 1.807) is 0 Å². The van der Waals surface area contributed by atoms with E-state index < -0.39 is 0 Å². The molecule has 0 radical (unpaired) electrons. The van der Waals surface area contributed by atoms with Gasteiger partial charge >= 0.3 is 0 Å². The molecule has 2 aromatic rings. The molecule has 0 N–H and O–H groups in total. The fourth-order valence-corrected chi connectivity index (χ4v) is 4.79. The van der Waals surface area contributed by atoms with Gasteiger partial charge in [-0.25, -0.2) is 0 Å². The van der Waals surface area contributed by atoms with E-state index in [9.17, 15) is 4.79 Å². The molecular formula is C24H31N3O. The highest BCUT2D eigenvalue weighted by atomic mass is 16.2. The summed E-state index contributed by atoms with van der Waals surface area (Å²) in [6.45, 7) is 3.18. The highest BCUT2D eigenvalue weighted by Crippen LogP contribution is 2.33. The second kappa shape index (κ2) is 8.87. The number of amides is 1. The van der Waals surface area contributed by atoms with E-state index >= 15 is 0 Å². The predicted molar refractivity (Wildman–Crippen MR) is 112 cm³/mol. The van der Waals surface area contributed by atoms with Gasteiger partial charge in [0.1, 0.15) is 0 Å². The van der Waals surface area contributed by atoms with Gasteiger partial charge in [0.05, 0.1) is 5.92 Å². The second-order valence-electron chi connectivity index (χ2n) is 8.24. The molecule has 1 saturated heterocycles. The van der Waals surface area contributed by atoms with Gasteiger partial charge in [0, 0.05) is 51.0 Å². The van der Waals surface area contributed by atoms with Crippen LogP contribution in [-0.2, 0) is 17.6 Å². The van der Waals surface area contributed by atoms with Crippen molar-refractivity contribution in [2.45, 2.75) is 50.5 Å². The summed E-state index contributed by atoms with van der Waals surface area (Å²) in [7, 11) is 2.02. The van der Waals surface area contributed by atoms with E-state index in [-0.39, 0.29) is 5.92 Å². The van der Waals surface area contributed by atoms with E-state index in [4.69, 9.17) is 0 Å². The summed E-state index contributed by atoms with van der Waals surface area (Å²) in [6.07, 6.45) is 8.22. The Labute approximate surface area is 168 Å². The Morgan fingerprint density at radius 2 is 1.89 bits per heavy atom. The second-order valence-corrected chi connectivity index (χ2v) is 8.24. The Hall–Kier alpha value is -2.20. The molecule has 0 spiro atoms. The molecule has 2 aliphatic rings. The van der Waals surface area contributed by atoms with E-state index in [0.29, 0.717) is 11.9 Å². The fraction of sp³-hybridized carbons (Fsp3) is 0.500. The number of fused-ring (bicyclic) bond motifs is 1. The third-order valence-corrected chi connectivity index (χ3v) is 6.53. The number of carbonyl (C=O) groups excluding carboxylic acids is 1. The summed E-state index contributed by atoms with van der Waals surface area (Å²) >= 11 is 0. The van der Waals surface area contributed by atoms with Crippen LogP contribution in [0, 0.1) is 0 Å². The van der Waals surface area contributed by atoms with Gasteiger partial charge in [-0.2, -0.15) is 0 Å². The molecule has 1 unspecified atom stereocenters. The summed E-state index contributed by atoms with van der Waals surface area (Å²) < 4.78 is 0. The van der Waals surface area contributed by atoms with Crippen molar-refractivity contribution in [2.75, 3.05) is 26.7 Å². The summed E-state index contributed by atoms with van der Waals surface area (Å²) in [5.41, 5.74) is 3.79. The number of hydrogen-bond acceptors (Lipinski definition) is 3. The van der Waals surface area contributed by atoms with Gasteiger partial charge in [0.25, 0.3) is 0 Å². The van der Waals surface area contributed by atoms with Crippen LogP contribution in [-0.4, -0.2) is 53.4 Å². The molecule has 28 heavy (non-hydrogen) atoms. The van der Waals surface area contributed by atoms with Crippen LogP contribution in [0.2, 0.25) is 0 Å². The van der Waals surface area contributed by atoms with E-state index in [1.165, 1.54) is 11.1 Å². The first-order chi connectivity index (χ1) is 13.7. The Balaban J connectivity index is 1.30. The van der Waals surface area contributed by atoms with Crippen LogP contribution in [0.4, 0.5) is 0 Å². The van der Waals surface area contributed by atoms with Crippen LogP contribution in [0.3, 0.4) is 0 Å². The molecule has 0 saturated carbocycles. The lowest BCUT2D eigenvalue weighted by atomic mass is 9.81. The topological polar surface area (TPSA) is 36.4 Å². The molecule has 4 nitrogen and oxygen atoms in total. The molecule has 148 valence electrons. The molecule has 1 aromatic carbocycles. The van der Waals surface area contributed by atoms with Crippen LogP contribution in [0.5, 0.6) is 0 Å². The van der Waals surface area contributed by atoms with Crippen molar-refractivity contribution in [1.29, 1.82) is 0 Å². The molecule has 1 aliphatic carbocycles. The quantitative estimate of drug-likeness (QED) is 0.798. The van der Waals surface area contributed by atoms with Gasteiger partial charge in [-0.1, -0.05) is 30.3 Å². The first-order valence-corrected chi connectivity index (χ1v) is 10.7. The standard InChI is InChI=1S/C24H31N3O/c1-26(24(28)23-11-6-8-19-7-2-3-10-22(19)23)21-13-17-27(18-14-21)16-12-20-9-4-5-15-25-20/h2-5,7,9-10,15,21,23H,6,8,11-14,16-18H2,1H3. The zero-order valence-electron chi connectivity index (χ0n) is 16.9. The average Bonchev–Trinajstić information content (AvgIpc) is 2.77. The maximum Gasteiger partial charge on any atom is 0.230 e. The van der Waals surface area contributed by atoms with Crippen molar-refractivity contribution >= 4 is 5.91 Å². The minimum Gasteiger partial charge on any atom is -0.342 e. The molecular weight excluding hydrogens is 346 g/mol. The molecule has 4 heteroatoms. The Kier molecular flexibility index (Phi) is 6.06. The molecule has 1 fully saturated rings. The lowest BCUT2D eigenvalue weighted by Gasteiger charge is -2.38. The first kappa shape index (κ1) is 19.1. The van der Waals surface area contributed by atoms with Crippen molar-refractivity contribution in [3.8, 4) is 0 Å². The van der Waals surface area contributed by atoms with Crippen LogP contribution < -0.4 is 0 Å². The van der Waals surface area contributed by atoms with Crippen LogP contribution >= 0.6 is 0 Å². The number of rotatable bonds is 5. The van der Waals surface area contributed by atoms with E-state index in [0.717, 1.165) is 63.9 Å². The molecule has 0 bridgehead atoms. The zero-order chi connectivity index (χ0) is 19.3. The normalized spacial score (nSPS) is 20.5. The maximum atomic E-state index is 13.3. The van der Waals surface area contributed by atoms with Gasteiger partial charge in [-0.15, -0.1) is 0 Å². The third kappa shape index (κ3) is 4.27. The lowest BCUT2D eigenvalue weighted by molar-refractivity contribution is -0.134. The monoisotopic (exact) mass is 377 g/mol. The number of carbonyl (C=O) groups is 1. The first-order valence-electron chi connectivity index (χ1n) is 10.7. The van der Waals surface area contributed by atoms with Crippen LogP contribution in [0.25, 0.3) is 0 Å². The number of piperidine rings is 1. The predicted octanol–water partition coefficient (Wildman–Crippen LogP) is 3.67. The van der Waals surface area contributed by atoms with Crippen molar-refractivity contribution in [2.24, 2.45) is 0 Å². The molecule has 1 atom stereocenters. The van der Waals surface area contributed by atoms with E-state index in [2.05, 4.69) is 51.2 Å². The zero-order valence-corrected chi connectivity index (χ0v) is 16.9. The summed E-state index contributed by atoms with van der Waals surface area (Å²) in [5, 5.41) is 0. The minimum atomic E-state index is 0.0529. The van der Waals surface area contributed by atoms with Gasteiger partial charge in [0.15, 0.2) is 0 Å². The van der Waals surface area contributed by atoms with Gasteiger partial charge in [0.2, 0.25) is 5.91 Å². The van der Waals surface area contributed by atoms with Gasteiger partial charge in [-0.3, -0.25) is 9.78 Å². The van der Waals surface area contributed by atoms with Gasteiger partial charge < -0.3 is 9.80 Å². The minimum absolute atomic E-state index is 0.0529. The lowest BCUT2D eigenvalue weighted by Crippen LogP contribution is -2.47. The Bertz CT molecular complexity index is 783. The third-order valence-electron chi connectivity index (χ3n) is 6.53. The van der Waals surface area contributed by atoms with Crippen molar-refractivity contribution in [3.63, 3.8) is 0 Å². The van der Waals surface area contributed by atoms with E-state index in [1.807, 2.05) is 19.3 Å². The molecule has 1 aliphatic heterocycles. The summed E-state index contributed by atoms with van der Waals surface area (Å²) in [5.74, 6) is 0.372. The number of likely N-dealkylation sites (N-methyl/N-ethyl adjacent to an activating group) is 1. The SMILES string of the molecule is CN(C(=O)C1CCCc2ccccc21)C1CCN(CCc2ccccn2)CC1. The molecule has 4 rings (SSSR count). The maximum absolute atomic E-state index is 13.3. The molecule has 2 heterocycles. The smallest absolute Gasteiger partial charge is 0.230 e. The number of aryl methyl sites for hydroxylation is 1. The number of pyridine rings is 1. The van der Waals surface area contributed by atoms with Gasteiger partial charge in [-0.05, 0) is 55.4 Å². The van der Waals surface area contributed by atoms with Crippen LogP contribution in [0.1, 0.15) is 48.4 Å².